The lowest BCUT2D eigenvalue weighted by atomic mass is 10.0. The van der Waals surface area contributed by atoms with E-state index in [4.69, 9.17) is 14.2 Å². The molecule has 2 amide bonds. The van der Waals surface area contributed by atoms with Crippen LogP contribution in [0.25, 0.3) is 0 Å². The van der Waals surface area contributed by atoms with E-state index in [0.717, 1.165) is 12.0 Å². The maximum absolute atomic E-state index is 12.4. The molecule has 1 aliphatic rings. The molecule has 0 saturated carbocycles. The van der Waals surface area contributed by atoms with Gasteiger partial charge in [0.1, 0.15) is 12.2 Å². The van der Waals surface area contributed by atoms with E-state index in [-0.39, 0.29) is 24.8 Å². The fourth-order valence-corrected chi connectivity index (χ4v) is 2.93. The van der Waals surface area contributed by atoms with Crippen LogP contribution in [0.3, 0.4) is 0 Å². The van der Waals surface area contributed by atoms with Crippen LogP contribution in [0.4, 0.5) is 9.59 Å². The molecule has 7 nitrogen and oxygen atoms in total. The number of amides is 2. The molecule has 0 bridgehead atoms. The molecule has 1 aliphatic heterocycles. The van der Waals surface area contributed by atoms with Gasteiger partial charge < -0.3 is 24.4 Å². The van der Waals surface area contributed by atoms with Crippen LogP contribution >= 0.6 is 0 Å². The van der Waals surface area contributed by atoms with Gasteiger partial charge in [-0.3, -0.25) is 0 Å². The van der Waals surface area contributed by atoms with Crippen molar-refractivity contribution in [2.75, 3.05) is 19.7 Å². The summed E-state index contributed by atoms with van der Waals surface area (Å²) < 4.78 is 16.7. The number of carbonyl (C=O) groups excluding carboxylic acids is 2. The first kappa shape index (κ1) is 22.0. The minimum atomic E-state index is -0.548. The molecule has 2 atom stereocenters. The highest BCUT2D eigenvalue weighted by Gasteiger charge is 2.35. The number of benzene rings is 1. The fourth-order valence-electron chi connectivity index (χ4n) is 2.93. The van der Waals surface area contributed by atoms with Crippen molar-refractivity contribution in [3.05, 3.63) is 35.9 Å². The second kappa shape index (κ2) is 10.3. The molecule has 0 aliphatic carbocycles. The van der Waals surface area contributed by atoms with Crippen molar-refractivity contribution < 1.29 is 23.8 Å². The Balaban J connectivity index is 1.89. The Morgan fingerprint density at radius 3 is 2.57 bits per heavy atom. The molecule has 0 radical (unpaired) electrons. The summed E-state index contributed by atoms with van der Waals surface area (Å²) in [6.07, 6.45) is 0.292. The van der Waals surface area contributed by atoms with Crippen molar-refractivity contribution in [2.45, 2.75) is 64.9 Å². The first-order valence-corrected chi connectivity index (χ1v) is 9.85. The third kappa shape index (κ3) is 7.38. The number of piperidine rings is 1. The van der Waals surface area contributed by atoms with Crippen molar-refractivity contribution in [3.63, 3.8) is 0 Å². The summed E-state index contributed by atoms with van der Waals surface area (Å²) in [5, 5.41) is 2.89. The molecule has 2 rings (SSSR count). The van der Waals surface area contributed by atoms with E-state index in [1.165, 1.54) is 0 Å². The topological polar surface area (TPSA) is 77.1 Å². The van der Waals surface area contributed by atoms with Crippen molar-refractivity contribution in [1.29, 1.82) is 0 Å². The summed E-state index contributed by atoms with van der Waals surface area (Å²) in [4.78, 5) is 26.2. The first-order valence-electron chi connectivity index (χ1n) is 9.85. The van der Waals surface area contributed by atoms with Crippen LogP contribution in [0.2, 0.25) is 0 Å². The highest BCUT2D eigenvalue weighted by molar-refractivity contribution is 5.69. The van der Waals surface area contributed by atoms with E-state index in [2.05, 4.69) is 5.32 Å². The highest BCUT2D eigenvalue weighted by atomic mass is 16.6. The molecular formula is C21H32N2O5. The molecule has 1 aromatic rings. The van der Waals surface area contributed by atoms with E-state index >= 15 is 0 Å². The van der Waals surface area contributed by atoms with Gasteiger partial charge in [-0.2, -0.15) is 0 Å². The zero-order chi connectivity index (χ0) is 20.6. The molecule has 1 saturated heterocycles. The Bertz CT molecular complexity index is 629. The van der Waals surface area contributed by atoms with E-state index < -0.39 is 11.7 Å². The molecule has 7 heteroatoms. The maximum atomic E-state index is 12.4. The monoisotopic (exact) mass is 392 g/mol. The van der Waals surface area contributed by atoms with Gasteiger partial charge in [0.05, 0.1) is 18.7 Å². The number of alkyl carbamates (subject to hydrolysis) is 1. The molecule has 156 valence electrons. The summed E-state index contributed by atoms with van der Waals surface area (Å²) in [6, 6.07) is 9.31. The van der Waals surface area contributed by atoms with E-state index in [0.29, 0.717) is 26.1 Å². The number of carbonyl (C=O) groups is 2. The second-order valence-corrected chi connectivity index (χ2v) is 7.94. The third-order valence-electron chi connectivity index (χ3n) is 4.26. The third-order valence-corrected chi connectivity index (χ3v) is 4.26. The van der Waals surface area contributed by atoms with Crippen LogP contribution in [0.15, 0.2) is 30.3 Å². The van der Waals surface area contributed by atoms with Crippen molar-refractivity contribution in [1.82, 2.24) is 10.2 Å². The number of ether oxygens (including phenoxy) is 3. The smallest absolute Gasteiger partial charge is 0.410 e. The Morgan fingerprint density at radius 1 is 1.21 bits per heavy atom. The summed E-state index contributed by atoms with van der Waals surface area (Å²) >= 11 is 0. The highest BCUT2D eigenvalue weighted by Crippen LogP contribution is 2.18. The van der Waals surface area contributed by atoms with E-state index in [1.807, 2.05) is 58.0 Å². The summed E-state index contributed by atoms with van der Waals surface area (Å²) in [5.74, 6) is 0. The predicted molar refractivity (Wildman–Crippen MR) is 106 cm³/mol. The van der Waals surface area contributed by atoms with Gasteiger partial charge in [0.25, 0.3) is 0 Å². The molecule has 0 aromatic heterocycles. The van der Waals surface area contributed by atoms with Gasteiger partial charge in [-0.25, -0.2) is 9.59 Å². The minimum Gasteiger partial charge on any atom is -0.445 e. The van der Waals surface area contributed by atoms with Gasteiger partial charge >= 0.3 is 12.2 Å². The molecule has 1 heterocycles. The summed E-state index contributed by atoms with van der Waals surface area (Å²) in [5.41, 5.74) is 0.379. The molecule has 1 N–H and O–H groups in total. The zero-order valence-electron chi connectivity index (χ0n) is 17.3. The Hall–Kier alpha value is -2.28. The molecule has 1 aromatic carbocycles. The largest absolute Gasteiger partial charge is 0.445 e. The lowest BCUT2D eigenvalue weighted by molar-refractivity contribution is -0.0340. The summed E-state index contributed by atoms with van der Waals surface area (Å²) in [6.45, 7) is 9.18. The van der Waals surface area contributed by atoms with E-state index in [1.54, 1.807) is 4.90 Å². The SMILES string of the molecule is CCCO[C@H]1CN(C(=O)OC(C)(C)C)CC[C@H]1NC(=O)OCc1ccccc1. The van der Waals surface area contributed by atoms with Gasteiger partial charge in [0, 0.05) is 13.2 Å². The molecular weight excluding hydrogens is 360 g/mol. The van der Waals surface area contributed by atoms with Gasteiger partial charge in [0.15, 0.2) is 0 Å². The second-order valence-electron chi connectivity index (χ2n) is 7.94. The van der Waals surface area contributed by atoms with Crippen LogP contribution in [0, 0.1) is 0 Å². The Kier molecular flexibility index (Phi) is 8.11. The fraction of sp³-hybridized carbons (Fsp3) is 0.619. The van der Waals surface area contributed by atoms with Crippen LogP contribution < -0.4 is 5.32 Å². The average Bonchev–Trinajstić information content (AvgIpc) is 2.65. The number of rotatable bonds is 6. The minimum absolute atomic E-state index is 0.212. The first-order chi connectivity index (χ1) is 13.3. The molecule has 28 heavy (non-hydrogen) atoms. The van der Waals surface area contributed by atoms with Crippen molar-refractivity contribution in [2.24, 2.45) is 0 Å². The Morgan fingerprint density at radius 2 is 1.93 bits per heavy atom. The van der Waals surface area contributed by atoms with Gasteiger partial charge in [-0.1, -0.05) is 37.3 Å². The van der Waals surface area contributed by atoms with Gasteiger partial charge in [-0.15, -0.1) is 0 Å². The quantitative estimate of drug-likeness (QED) is 0.798. The van der Waals surface area contributed by atoms with E-state index in [9.17, 15) is 9.59 Å². The van der Waals surface area contributed by atoms with Crippen molar-refractivity contribution >= 4 is 12.2 Å². The normalized spacial score (nSPS) is 19.8. The number of nitrogens with one attached hydrogen (secondary N) is 1. The number of likely N-dealkylation sites (tertiary alicyclic amines) is 1. The van der Waals surface area contributed by atoms with Crippen LogP contribution in [-0.2, 0) is 20.8 Å². The van der Waals surface area contributed by atoms with Crippen LogP contribution in [0.1, 0.15) is 46.1 Å². The number of hydrogen-bond acceptors (Lipinski definition) is 5. The Labute approximate surface area is 167 Å². The lowest BCUT2D eigenvalue weighted by Gasteiger charge is -2.38. The summed E-state index contributed by atoms with van der Waals surface area (Å²) in [7, 11) is 0. The van der Waals surface area contributed by atoms with Crippen LogP contribution in [-0.4, -0.2) is 54.5 Å². The van der Waals surface area contributed by atoms with Crippen molar-refractivity contribution in [3.8, 4) is 0 Å². The van der Waals surface area contributed by atoms with Crippen LogP contribution in [0.5, 0.6) is 0 Å². The number of nitrogens with zero attached hydrogens (tertiary/aromatic N) is 1. The molecule has 1 fully saturated rings. The maximum Gasteiger partial charge on any atom is 0.410 e. The van der Waals surface area contributed by atoms with Gasteiger partial charge in [0.2, 0.25) is 0 Å². The molecule has 0 spiro atoms. The average molecular weight is 392 g/mol. The van der Waals surface area contributed by atoms with Gasteiger partial charge in [-0.05, 0) is 39.2 Å². The lowest BCUT2D eigenvalue weighted by Crippen LogP contribution is -2.57. The standard InChI is InChI=1S/C21H32N2O5/c1-5-13-26-18-14-23(20(25)28-21(2,3)4)12-11-17(18)22-19(24)27-15-16-9-7-6-8-10-16/h6-10,17-18H,5,11-15H2,1-4H3,(H,22,24)/t17-,18+/m1/s1. The predicted octanol–water partition coefficient (Wildman–Crippen LogP) is 3.72. The molecule has 0 unspecified atom stereocenters. The zero-order valence-corrected chi connectivity index (χ0v) is 17.3. The number of hydrogen-bond donors (Lipinski definition) is 1.